The summed E-state index contributed by atoms with van der Waals surface area (Å²) in [5.74, 6) is -0.466. The van der Waals surface area contributed by atoms with Crippen LogP contribution in [0, 0.1) is 0 Å². The smallest absolute Gasteiger partial charge is 0.408 e. The van der Waals surface area contributed by atoms with E-state index in [0.717, 1.165) is 0 Å². The predicted molar refractivity (Wildman–Crippen MR) is 166 cm³/mol. The summed E-state index contributed by atoms with van der Waals surface area (Å²) in [6.07, 6.45) is 0.891. The molecule has 0 aliphatic heterocycles. The zero-order valence-corrected chi connectivity index (χ0v) is 25.6. The van der Waals surface area contributed by atoms with E-state index in [4.69, 9.17) is 16.3 Å². The minimum atomic E-state index is -3.90. The van der Waals surface area contributed by atoms with Crippen LogP contribution in [0.1, 0.15) is 43.6 Å². The van der Waals surface area contributed by atoms with Gasteiger partial charge < -0.3 is 15.4 Å². The Kier molecular flexibility index (Phi) is 10.2. The van der Waals surface area contributed by atoms with Gasteiger partial charge in [-0.25, -0.2) is 13.2 Å². The Hall–Kier alpha value is -4.25. The summed E-state index contributed by atoms with van der Waals surface area (Å²) in [5, 5.41) is 5.91. The molecule has 2 amide bonds. The second kappa shape index (κ2) is 13.8. The van der Waals surface area contributed by atoms with Crippen molar-refractivity contribution in [1.82, 2.24) is 14.6 Å². The topological polar surface area (TPSA) is 118 Å². The molecule has 3 aromatic carbocycles. The third-order valence-electron chi connectivity index (χ3n) is 6.15. The van der Waals surface area contributed by atoms with E-state index in [9.17, 15) is 18.0 Å². The Morgan fingerprint density at radius 2 is 1.53 bits per heavy atom. The van der Waals surface area contributed by atoms with E-state index in [1.807, 2.05) is 6.07 Å². The van der Waals surface area contributed by atoms with E-state index < -0.39 is 33.7 Å². The van der Waals surface area contributed by atoms with Crippen molar-refractivity contribution < 1.29 is 22.7 Å². The number of rotatable bonds is 10. The molecule has 0 saturated heterocycles. The van der Waals surface area contributed by atoms with Crippen LogP contribution < -0.4 is 10.6 Å². The first-order valence-electron chi connectivity index (χ1n) is 13.5. The summed E-state index contributed by atoms with van der Waals surface area (Å²) in [5.41, 5.74) is 1.60. The van der Waals surface area contributed by atoms with E-state index >= 15 is 0 Å². The van der Waals surface area contributed by atoms with Gasteiger partial charge >= 0.3 is 6.09 Å². The van der Waals surface area contributed by atoms with Crippen LogP contribution >= 0.6 is 11.6 Å². The van der Waals surface area contributed by atoms with Gasteiger partial charge in [0, 0.05) is 23.5 Å². The lowest BCUT2D eigenvalue weighted by atomic mass is 10.1. The van der Waals surface area contributed by atoms with Gasteiger partial charge in [-0.2, -0.15) is 4.31 Å². The molecule has 4 aromatic rings. The number of amides is 2. The fourth-order valence-corrected chi connectivity index (χ4v) is 5.66. The molecule has 43 heavy (non-hydrogen) atoms. The first-order chi connectivity index (χ1) is 20.4. The maximum atomic E-state index is 13.6. The molecule has 2 N–H and O–H groups in total. The van der Waals surface area contributed by atoms with Crippen LogP contribution in [-0.4, -0.2) is 35.3 Å². The molecule has 4 rings (SSSR count). The molecule has 0 aliphatic rings. The number of sulfonamides is 1. The standard InChI is InChI=1S/C32H33ClN4O5S/c1-32(2,3)42-31(39)36-29(24-9-5-4-6-10-24)30(38)35-26-16-12-23(13-17-26)21-37(22-27-11-7-8-20-34-27)43(40,41)28-18-14-25(33)15-19-28/h4-20,29H,21-22H2,1-3H3,(H,35,38)(H,36,39)/t29-/m1/s1. The maximum absolute atomic E-state index is 13.6. The van der Waals surface area contributed by atoms with Crippen LogP contribution in [0.2, 0.25) is 5.02 Å². The lowest BCUT2D eigenvalue weighted by Crippen LogP contribution is -2.40. The zero-order chi connectivity index (χ0) is 31.0. The molecule has 11 heteroatoms. The van der Waals surface area contributed by atoms with Crippen molar-refractivity contribution in [3.63, 3.8) is 0 Å². The number of aromatic nitrogens is 1. The Labute approximate surface area is 256 Å². The highest BCUT2D eigenvalue weighted by Gasteiger charge is 2.27. The van der Waals surface area contributed by atoms with Crippen molar-refractivity contribution in [3.8, 4) is 0 Å². The molecular weight excluding hydrogens is 588 g/mol. The molecule has 1 heterocycles. The van der Waals surface area contributed by atoms with Crippen LogP contribution in [0.4, 0.5) is 10.5 Å². The van der Waals surface area contributed by atoms with Crippen molar-refractivity contribution in [1.29, 1.82) is 0 Å². The minimum Gasteiger partial charge on any atom is -0.444 e. The van der Waals surface area contributed by atoms with Crippen LogP contribution in [-0.2, 0) is 32.6 Å². The fraction of sp³-hybridized carbons (Fsp3) is 0.219. The number of pyridine rings is 1. The van der Waals surface area contributed by atoms with E-state index in [1.54, 1.807) is 93.7 Å². The van der Waals surface area contributed by atoms with Gasteiger partial charge in [-0.3, -0.25) is 9.78 Å². The first kappa shape index (κ1) is 31.7. The SMILES string of the molecule is CC(C)(C)OC(=O)N[C@@H](C(=O)Nc1ccc(CN(Cc2ccccn2)S(=O)(=O)c2ccc(Cl)cc2)cc1)c1ccccc1. The second-order valence-corrected chi connectivity index (χ2v) is 13.1. The number of alkyl carbamates (subject to hydrolysis) is 1. The summed E-state index contributed by atoms with van der Waals surface area (Å²) in [7, 11) is -3.90. The van der Waals surface area contributed by atoms with Crippen molar-refractivity contribution in [2.75, 3.05) is 5.32 Å². The highest BCUT2D eigenvalue weighted by atomic mass is 35.5. The van der Waals surface area contributed by atoms with E-state index in [0.29, 0.717) is 27.5 Å². The molecular formula is C32H33ClN4O5S. The van der Waals surface area contributed by atoms with Gasteiger partial charge in [-0.15, -0.1) is 0 Å². The predicted octanol–water partition coefficient (Wildman–Crippen LogP) is 6.33. The molecule has 0 saturated carbocycles. The van der Waals surface area contributed by atoms with E-state index in [2.05, 4.69) is 15.6 Å². The maximum Gasteiger partial charge on any atom is 0.408 e. The average molecular weight is 621 g/mol. The highest BCUT2D eigenvalue weighted by Crippen LogP contribution is 2.24. The van der Waals surface area contributed by atoms with Crippen LogP contribution in [0.15, 0.2) is 108 Å². The van der Waals surface area contributed by atoms with Crippen LogP contribution in [0.5, 0.6) is 0 Å². The van der Waals surface area contributed by atoms with Crippen molar-refractivity contribution in [2.24, 2.45) is 0 Å². The average Bonchev–Trinajstić information content (AvgIpc) is 2.97. The summed E-state index contributed by atoms with van der Waals surface area (Å²) >= 11 is 5.98. The number of benzene rings is 3. The normalized spacial score (nSPS) is 12.4. The molecule has 9 nitrogen and oxygen atoms in total. The Morgan fingerprint density at radius 1 is 0.884 bits per heavy atom. The molecule has 0 bridgehead atoms. The molecule has 224 valence electrons. The number of halogens is 1. The number of carbonyl (C=O) groups excluding carboxylic acids is 2. The van der Waals surface area contributed by atoms with Crippen molar-refractivity contribution in [3.05, 3.63) is 125 Å². The van der Waals surface area contributed by atoms with Crippen molar-refractivity contribution in [2.45, 2.75) is 50.4 Å². The van der Waals surface area contributed by atoms with Gasteiger partial charge in [0.2, 0.25) is 10.0 Å². The third-order valence-corrected chi connectivity index (χ3v) is 8.21. The Balaban J connectivity index is 1.52. The van der Waals surface area contributed by atoms with Gasteiger partial charge in [0.15, 0.2) is 0 Å². The molecule has 0 radical (unpaired) electrons. The van der Waals surface area contributed by atoms with Crippen molar-refractivity contribution >= 4 is 39.3 Å². The lowest BCUT2D eigenvalue weighted by Gasteiger charge is -2.24. The number of nitrogens with one attached hydrogen (secondary N) is 2. The summed E-state index contributed by atoms with van der Waals surface area (Å²) in [6, 6.07) is 26.0. The number of hydrogen-bond acceptors (Lipinski definition) is 6. The lowest BCUT2D eigenvalue weighted by molar-refractivity contribution is -0.118. The van der Waals surface area contributed by atoms with Gasteiger partial charge in [-0.1, -0.05) is 60.1 Å². The number of carbonyl (C=O) groups is 2. The third kappa shape index (κ3) is 9.12. The molecule has 0 unspecified atom stereocenters. The second-order valence-electron chi connectivity index (χ2n) is 10.7. The van der Waals surface area contributed by atoms with E-state index in [1.165, 1.54) is 28.6 Å². The van der Waals surface area contributed by atoms with Crippen LogP contribution in [0.25, 0.3) is 0 Å². The number of nitrogens with zero attached hydrogens (tertiary/aromatic N) is 2. The largest absolute Gasteiger partial charge is 0.444 e. The van der Waals surface area contributed by atoms with Gasteiger partial charge in [0.05, 0.1) is 17.1 Å². The molecule has 0 aliphatic carbocycles. The molecule has 0 fully saturated rings. The summed E-state index contributed by atoms with van der Waals surface area (Å²) in [6.45, 7) is 5.33. The number of hydrogen-bond donors (Lipinski definition) is 2. The van der Waals surface area contributed by atoms with Gasteiger partial charge in [0.25, 0.3) is 5.91 Å². The molecule has 1 aromatic heterocycles. The number of ether oxygens (including phenoxy) is 1. The number of anilines is 1. The van der Waals surface area contributed by atoms with Crippen LogP contribution in [0.3, 0.4) is 0 Å². The Bertz CT molecular complexity index is 1630. The van der Waals surface area contributed by atoms with Gasteiger partial charge in [-0.05, 0) is 80.4 Å². The summed E-state index contributed by atoms with van der Waals surface area (Å²) < 4.78 is 33.9. The summed E-state index contributed by atoms with van der Waals surface area (Å²) in [4.78, 5) is 30.2. The monoisotopic (exact) mass is 620 g/mol. The zero-order valence-electron chi connectivity index (χ0n) is 24.0. The molecule has 0 spiro atoms. The Morgan fingerprint density at radius 3 is 2.14 bits per heavy atom. The fourth-order valence-electron chi connectivity index (χ4n) is 4.14. The molecule has 1 atom stereocenters. The first-order valence-corrected chi connectivity index (χ1v) is 15.3. The quantitative estimate of drug-likeness (QED) is 0.214. The van der Waals surface area contributed by atoms with E-state index in [-0.39, 0.29) is 18.0 Å². The highest BCUT2D eigenvalue weighted by molar-refractivity contribution is 7.89. The van der Waals surface area contributed by atoms with Gasteiger partial charge in [0.1, 0.15) is 11.6 Å². The minimum absolute atomic E-state index is 0.0549.